The summed E-state index contributed by atoms with van der Waals surface area (Å²) >= 11 is 0. The van der Waals surface area contributed by atoms with Crippen LogP contribution in [0.1, 0.15) is 13.3 Å². The van der Waals surface area contributed by atoms with Gasteiger partial charge in [0.15, 0.2) is 11.6 Å². The zero-order valence-electron chi connectivity index (χ0n) is 10.6. The van der Waals surface area contributed by atoms with Crippen LogP contribution in [0.2, 0.25) is 0 Å². The summed E-state index contributed by atoms with van der Waals surface area (Å²) in [6.45, 7) is 2.35. The standard InChI is InChI=1S/C12H18FN3O2/c1-3-4-18-11-6-10(9(14)5-8(11)13)16(2)7-12(15)17/h5-6H,3-4,7,14H2,1-2H3,(H2,15,17). The van der Waals surface area contributed by atoms with Crippen LogP contribution in [0.4, 0.5) is 15.8 Å². The number of primary amides is 1. The number of nitrogen functional groups attached to an aromatic ring is 1. The van der Waals surface area contributed by atoms with E-state index in [-0.39, 0.29) is 18.0 Å². The molecule has 5 nitrogen and oxygen atoms in total. The summed E-state index contributed by atoms with van der Waals surface area (Å²) in [6.07, 6.45) is 0.774. The zero-order valence-corrected chi connectivity index (χ0v) is 10.6. The maximum absolute atomic E-state index is 13.6. The second-order valence-electron chi connectivity index (χ2n) is 4.01. The van der Waals surface area contributed by atoms with Gasteiger partial charge in [0.05, 0.1) is 24.5 Å². The molecule has 0 aliphatic heterocycles. The highest BCUT2D eigenvalue weighted by molar-refractivity contribution is 5.81. The number of carbonyl (C=O) groups excluding carboxylic acids is 1. The van der Waals surface area contributed by atoms with Crippen LogP contribution in [0.5, 0.6) is 5.75 Å². The molecule has 0 heterocycles. The minimum Gasteiger partial charge on any atom is -0.490 e. The molecule has 0 saturated carbocycles. The van der Waals surface area contributed by atoms with E-state index in [0.717, 1.165) is 6.42 Å². The van der Waals surface area contributed by atoms with Crippen molar-refractivity contribution in [3.63, 3.8) is 0 Å². The van der Waals surface area contributed by atoms with Crippen molar-refractivity contribution < 1.29 is 13.9 Å². The van der Waals surface area contributed by atoms with Gasteiger partial charge in [0.1, 0.15) is 0 Å². The van der Waals surface area contributed by atoms with E-state index in [1.807, 2.05) is 6.92 Å². The fourth-order valence-corrected chi connectivity index (χ4v) is 1.53. The van der Waals surface area contributed by atoms with Crippen LogP contribution in [0.15, 0.2) is 12.1 Å². The van der Waals surface area contributed by atoms with Crippen molar-refractivity contribution in [3.8, 4) is 5.75 Å². The minimum absolute atomic E-state index is 0.00303. The number of nitrogens with zero attached hydrogens (tertiary/aromatic N) is 1. The summed E-state index contributed by atoms with van der Waals surface area (Å²) in [5.41, 5.74) is 11.6. The molecule has 100 valence electrons. The average molecular weight is 255 g/mol. The summed E-state index contributed by atoms with van der Waals surface area (Å²) in [5.74, 6) is -0.883. The maximum Gasteiger partial charge on any atom is 0.236 e. The minimum atomic E-state index is -0.517. The lowest BCUT2D eigenvalue weighted by atomic mass is 10.2. The fraction of sp³-hybridized carbons (Fsp3) is 0.417. The van der Waals surface area contributed by atoms with E-state index in [1.54, 1.807) is 11.9 Å². The number of ether oxygens (including phenoxy) is 1. The number of likely N-dealkylation sites (N-methyl/N-ethyl adjacent to an activating group) is 1. The van der Waals surface area contributed by atoms with E-state index in [4.69, 9.17) is 16.2 Å². The Kier molecular flexibility index (Phi) is 4.76. The number of hydrogen-bond acceptors (Lipinski definition) is 4. The third-order valence-electron chi connectivity index (χ3n) is 2.35. The third kappa shape index (κ3) is 3.51. The molecule has 0 radical (unpaired) electrons. The van der Waals surface area contributed by atoms with Crippen molar-refractivity contribution in [3.05, 3.63) is 17.9 Å². The van der Waals surface area contributed by atoms with E-state index in [1.165, 1.54) is 12.1 Å². The molecule has 4 N–H and O–H groups in total. The van der Waals surface area contributed by atoms with Crippen LogP contribution < -0.4 is 21.1 Å². The smallest absolute Gasteiger partial charge is 0.236 e. The van der Waals surface area contributed by atoms with Gasteiger partial charge >= 0.3 is 0 Å². The molecule has 0 spiro atoms. The Bertz CT molecular complexity index is 438. The highest BCUT2D eigenvalue weighted by atomic mass is 19.1. The molecule has 0 aliphatic rings. The topological polar surface area (TPSA) is 81.6 Å². The lowest BCUT2D eigenvalue weighted by molar-refractivity contribution is -0.116. The normalized spacial score (nSPS) is 10.2. The Balaban J connectivity index is 3.00. The van der Waals surface area contributed by atoms with Gasteiger partial charge in [0.2, 0.25) is 5.91 Å². The van der Waals surface area contributed by atoms with Crippen molar-refractivity contribution in [2.75, 3.05) is 30.8 Å². The molecule has 0 fully saturated rings. The Morgan fingerprint density at radius 3 is 2.72 bits per heavy atom. The van der Waals surface area contributed by atoms with E-state index in [2.05, 4.69) is 0 Å². The van der Waals surface area contributed by atoms with Gasteiger partial charge in [0.25, 0.3) is 0 Å². The molecule has 1 aromatic carbocycles. The van der Waals surface area contributed by atoms with Gasteiger partial charge in [-0.15, -0.1) is 0 Å². The van der Waals surface area contributed by atoms with Gasteiger partial charge in [-0.2, -0.15) is 0 Å². The molecule has 0 aromatic heterocycles. The van der Waals surface area contributed by atoms with Crippen LogP contribution in [-0.4, -0.2) is 26.1 Å². The number of halogens is 1. The highest BCUT2D eigenvalue weighted by Crippen LogP contribution is 2.30. The van der Waals surface area contributed by atoms with Crippen LogP contribution in [0.25, 0.3) is 0 Å². The fourth-order valence-electron chi connectivity index (χ4n) is 1.53. The summed E-state index contributed by atoms with van der Waals surface area (Å²) in [7, 11) is 1.65. The van der Waals surface area contributed by atoms with Gasteiger partial charge < -0.3 is 21.1 Å². The van der Waals surface area contributed by atoms with Crippen LogP contribution in [0.3, 0.4) is 0 Å². The van der Waals surface area contributed by atoms with Crippen molar-refractivity contribution in [2.24, 2.45) is 5.73 Å². The molecule has 0 aliphatic carbocycles. The van der Waals surface area contributed by atoms with E-state index in [9.17, 15) is 9.18 Å². The second kappa shape index (κ2) is 6.09. The quantitative estimate of drug-likeness (QED) is 0.746. The van der Waals surface area contributed by atoms with E-state index in [0.29, 0.717) is 12.3 Å². The number of anilines is 2. The van der Waals surface area contributed by atoms with Gasteiger partial charge in [-0.25, -0.2) is 4.39 Å². The van der Waals surface area contributed by atoms with Crippen molar-refractivity contribution >= 4 is 17.3 Å². The predicted molar refractivity (Wildman–Crippen MR) is 69.1 cm³/mol. The predicted octanol–water partition coefficient (Wildman–Crippen LogP) is 1.12. The maximum atomic E-state index is 13.6. The molecular formula is C12H18FN3O2. The molecular weight excluding hydrogens is 237 g/mol. The largest absolute Gasteiger partial charge is 0.490 e. The monoisotopic (exact) mass is 255 g/mol. The zero-order chi connectivity index (χ0) is 13.7. The first-order valence-corrected chi connectivity index (χ1v) is 5.67. The molecule has 0 saturated heterocycles. The second-order valence-corrected chi connectivity index (χ2v) is 4.01. The molecule has 1 amide bonds. The first-order chi connectivity index (χ1) is 8.45. The molecule has 6 heteroatoms. The molecule has 0 bridgehead atoms. The Hall–Kier alpha value is -1.98. The van der Waals surface area contributed by atoms with Gasteiger partial charge in [-0.1, -0.05) is 6.92 Å². The average Bonchev–Trinajstić information content (AvgIpc) is 2.26. The first kappa shape index (κ1) is 14.1. The van der Waals surface area contributed by atoms with Gasteiger partial charge in [-0.05, 0) is 6.42 Å². The van der Waals surface area contributed by atoms with Crippen molar-refractivity contribution in [2.45, 2.75) is 13.3 Å². The SMILES string of the molecule is CCCOc1cc(N(C)CC(N)=O)c(N)cc1F. The molecule has 1 aromatic rings. The van der Waals surface area contributed by atoms with E-state index < -0.39 is 11.7 Å². The number of nitrogens with two attached hydrogens (primary N) is 2. The molecule has 0 atom stereocenters. The van der Waals surface area contributed by atoms with Crippen molar-refractivity contribution in [1.82, 2.24) is 0 Å². The van der Waals surface area contributed by atoms with Crippen LogP contribution >= 0.6 is 0 Å². The third-order valence-corrected chi connectivity index (χ3v) is 2.35. The molecule has 0 unspecified atom stereocenters. The van der Waals surface area contributed by atoms with Gasteiger partial charge in [-0.3, -0.25) is 4.79 Å². The molecule has 1 rings (SSSR count). The summed E-state index contributed by atoms with van der Waals surface area (Å²) in [6, 6.07) is 2.65. The highest BCUT2D eigenvalue weighted by Gasteiger charge is 2.13. The lowest BCUT2D eigenvalue weighted by Gasteiger charge is -2.20. The number of amides is 1. The molecule has 18 heavy (non-hydrogen) atoms. The summed E-state index contributed by atoms with van der Waals surface area (Å²) in [5, 5.41) is 0. The summed E-state index contributed by atoms with van der Waals surface area (Å²) < 4.78 is 18.8. The van der Waals surface area contributed by atoms with E-state index >= 15 is 0 Å². The number of carbonyl (C=O) groups is 1. The van der Waals surface area contributed by atoms with Crippen LogP contribution in [0, 0.1) is 5.82 Å². The van der Waals surface area contributed by atoms with Crippen molar-refractivity contribution in [1.29, 1.82) is 0 Å². The summed E-state index contributed by atoms with van der Waals surface area (Å²) in [4.78, 5) is 12.4. The Morgan fingerprint density at radius 1 is 1.50 bits per heavy atom. The Morgan fingerprint density at radius 2 is 2.17 bits per heavy atom. The van der Waals surface area contributed by atoms with Gasteiger partial charge in [0, 0.05) is 19.2 Å². The van der Waals surface area contributed by atoms with Crippen LogP contribution in [-0.2, 0) is 4.79 Å². The lowest BCUT2D eigenvalue weighted by Crippen LogP contribution is -2.31. The number of rotatable bonds is 6. The first-order valence-electron chi connectivity index (χ1n) is 5.67. The number of hydrogen-bond donors (Lipinski definition) is 2. The number of benzene rings is 1. The Labute approximate surface area is 106 Å².